The molecule has 8 heavy (non-hydrogen) atoms. The first-order chi connectivity index (χ1) is 1.73. The van der Waals surface area contributed by atoms with Crippen LogP contribution in [0.4, 0.5) is 0 Å². The third-order valence-corrected chi connectivity index (χ3v) is 0. The van der Waals surface area contributed by atoms with Crippen molar-refractivity contribution >= 4 is 18.4 Å². The van der Waals surface area contributed by atoms with Crippen LogP contribution in [0.2, 0.25) is 0 Å². The van der Waals surface area contributed by atoms with Crippen molar-refractivity contribution in [1.29, 1.82) is 0 Å². The fraction of sp³-hybridized carbons (Fsp3) is 0.500. The summed E-state index contributed by atoms with van der Waals surface area (Å²) in [7, 11) is 0. The van der Waals surface area contributed by atoms with E-state index in [9.17, 15) is 0 Å². The van der Waals surface area contributed by atoms with Crippen LogP contribution in [0, 0.1) is 0 Å². The van der Waals surface area contributed by atoms with Gasteiger partial charge in [0.05, 0.1) is 0 Å². The first-order valence-electron chi connectivity index (χ1n) is 0.908. The molecule has 0 spiro atoms. The maximum Gasteiger partial charge on any atom is 1.00 e. The molecule has 0 aliphatic heterocycles. The van der Waals surface area contributed by atoms with Crippen LogP contribution in [0.5, 0.6) is 0 Å². The van der Waals surface area contributed by atoms with Crippen molar-refractivity contribution in [2.45, 2.75) is 6.92 Å². The van der Waals surface area contributed by atoms with E-state index in [1.807, 2.05) is 0 Å². The first kappa shape index (κ1) is 32.3. The van der Waals surface area contributed by atoms with Gasteiger partial charge in [-0.2, -0.15) is 0 Å². The van der Waals surface area contributed by atoms with E-state index in [1.54, 1.807) is 0 Å². The van der Waals surface area contributed by atoms with Gasteiger partial charge in [-0.05, 0) is 6.92 Å². The molecule has 0 radical (unpaired) electrons. The van der Waals surface area contributed by atoms with Crippen LogP contribution >= 0.6 is 12.4 Å². The molecule has 0 aromatic rings. The minimum Gasteiger partial charge on any atom is -1.00 e. The van der Waals surface area contributed by atoms with Crippen molar-refractivity contribution in [3.05, 3.63) is 0 Å². The van der Waals surface area contributed by atoms with Gasteiger partial charge in [0.2, 0.25) is 0 Å². The van der Waals surface area contributed by atoms with Gasteiger partial charge in [0.1, 0.15) is 0 Å². The van der Waals surface area contributed by atoms with Crippen LogP contribution in [0.15, 0.2) is 0 Å². The zero-order chi connectivity index (χ0) is 3.58. The maximum atomic E-state index is 8.89. The van der Waals surface area contributed by atoms with E-state index in [4.69, 9.17) is 9.90 Å². The normalized spacial score (nSPS) is 3.12. The average Bonchev–Trinajstić information content (AvgIpc) is 0.811. The van der Waals surface area contributed by atoms with Gasteiger partial charge in [-0.15, -0.1) is 12.4 Å². The molecule has 0 aromatic carbocycles. The zero-order valence-electron chi connectivity index (χ0n) is 5.10. The molecular formula is C2H4Cl2Na2O2. The van der Waals surface area contributed by atoms with Crippen molar-refractivity contribution < 1.29 is 81.4 Å². The number of carboxylic acids is 1. The Balaban J connectivity index is -0.00000000750. The van der Waals surface area contributed by atoms with Gasteiger partial charge < -0.3 is 22.3 Å². The molecule has 0 aliphatic rings. The molecule has 0 aliphatic carbocycles. The first-order valence-corrected chi connectivity index (χ1v) is 0.908. The third kappa shape index (κ3) is 95.2. The largest absolute Gasteiger partial charge is 1.00 e. The molecule has 0 rings (SSSR count). The van der Waals surface area contributed by atoms with Gasteiger partial charge in [-0.25, -0.2) is 0 Å². The molecule has 0 N–H and O–H groups in total. The molecule has 0 amide bonds. The molecule has 0 aromatic heterocycles. The van der Waals surface area contributed by atoms with Gasteiger partial charge in [-0.3, -0.25) is 0 Å². The topological polar surface area (TPSA) is 40.1 Å². The fourth-order valence-electron chi connectivity index (χ4n) is 0. The molecular weight excluding hydrogens is 173 g/mol. The summed E-state index contributed by atoms with van der Waals surface area (Å²) in [5.41, 5.74) is 0. The SMILES string of the molecule is CC(=O)[O-].Cl.[Cl-].[Na+].[Na+]. The molecule has 40 valence electrons. The quantitative estimate of drug-likeness (QED) is 0.344. The second-order valence-corrected chi connectivity index (χ2v) is 0.492. The predicted octanol–water partition coefficient (Wildman–Crippen LogP) is -9.81. The fourth-order valence-corrected chi connectivity index (χ4v) is 0. The number of rotatable bonds is 0. The number of aliphatic carboxylic acids is 1. The number of carbonyl (C=O) groups excluding carboxylic acids is 1. The monoisotopic (exact) mass is 176 g/mol. The van der Waals surface area contributed by atoms with Gasteiger partial charge in [0, 0.05) is 5.97 Å². The molecule has 0 atom stereocenters. The van der Waals surface area contributed by atoms with E-state index >= 15 is 0 Å². The molecule has 0 heterocycles. The van der Waals surface area contributed by atoms with Gasteiger partial charge in [-0.1, -0.05) is 0 Å². The Labute approximate surface area is 105 Å². The summed E-state index contributed by atoms with van der Waals surface area (Å²) < 4.78 is 0. The van der Waals surface area contributed by atoms with Crippen LogP contribution in [-0.2, 0) is 4.79 Å². The summed E-state index contributed by atoms with van der Waals surface area (Å²) in [6, 6.07) is 0. The molecule has 0 bridgehead atoms. The standard InChI is InChI=1S/C2H4O2.2ClH.2Na/c1-2(3)4;;;;/h1H3,(H,3,4);2*1H;;/q;;;2*+1/p-2. The number of halogens is 2. The van der Waals surface area contributed by atoms with Crippen molar-refractivity contribution in [2.75, 3.05) is 0 Å². The summed E-state index contributed by atoms with van der Waals surface area (Å²) in [4.78, 5) is 8.89. The Morgan fingerprint density at radius 2 is 1.38 bits per heavy atom. The third-order valence-electron chi connectivity index (χ3n) is 0. The van der Waals surface area contributed by atoms with Crippen molar-refractivity contribution in [1.82, 2.24) is 0 Å². The van der Waals surface area contributed by atoms with Crippen molar-refractivity contribution in [3.63, 3.8) is 0 Å². The summed E-state index contributed by atoms with van der Waals surface area (Å²) in [5.74, 6) is -1.08. The molecule has 0 fully saturated rings. The molecule has 0 saturated carbocycles. The summed E-state index contributed by atoms with van der Waals surface area (Å²) in [6.45, 7) is 0.972. The van der Waals surface area contributed by atoms with Crippen LogP contribution < -0.4 is 76.6 Å². The summed E-state index contributed by atoms with van der Waals surface area (Å²) in [5, 5.41) is 8.89. The number of hydrogen-bond acceptors (Lipinski definition) is 2. The molecule has 2 nitrogen and oxygen atoms in total. The second kappa shape index (κ2) is 23.0. The molecule has 0 saturated heterocycles. The summed E-state index contributed by atoms with van der Waals surface area (Å²) >= 11 is 0. The number of carbonyl (C=O) groups is 1. The average molecular weight is 177 g/mol. The second-order valence-electron chi connectivity index (χ2n) is 0.492. The number of hydrogen-bond donors (Lipinski definition) is 0. The summed E-state index contributed by atoms with van der Waals surface area (Å²) in [6.07, 6.45) is 0. The molecule has 6 heteroatoms. The maximum absolute atomic E-state index is 8.89. The van der Waals surface area contributed by atoms with Crippen LogP contribution in [-0.4, -0.2) is 5.97 Å². The van der Waals surface area contributed by atoms with E-state index in [-0.39, 0.29) is 83.9 Å². The van der Waals surface area contributed by atoms with E-state index in [2.05, 4.69) is 0 Å². The Morgan fingerprint density at radius 3 is 1.38 bits per heavy atom. The van der Waals surface area contributed by atoms with E-state index in [1.165, 1.54) is 0 Å². The smallest absolute Gasteiger partial charge is 1.00 e. The van der Waals surface area contributed by atoms with E-state index in [0.29, 0.717) is 0 Å². The van der Waals surface area contributed by atoms with Gasteiger partial charge in [0.15, 0.2) is 0 Å². The minimum absolute atomic E-state index is 0. The van der Waals surface area contributed by atoms with Crippen molar-refractivity contribution in [2.24, 2.45) is 0 Å². The molecule has 0 unspecified atom stereocenters. The predicted molar refractivity (Wildman–Crippen MR) is 17.9 cm³/mol. The van der Waals surface area contributed by atoms with E-state index in [0.717, 1.165) is 6.92 Å². The van der Waals surface area contributed by atoms with Gasteiger partial charge >= 0.3 is 59.1 Å². The van der Waals surface area contributed by atoms with Gasteiger partial charge in [0.25, 0.3) is 0 Å². The van der Waals surface area contributed by atoms with Crippen molar-refractivity contribution in [3.8, 4) is 0 Å². The Hall–Kier alpha value is 2.05. The Kier molecular flexibility index (Phi) is 92.8. The number of carboxylic acid groups (broad SMARTS) is 1. The van der Waals surface area contributed by atoms with Crippen LogP contribution in [0.25, 0.3) is 0 Å². The van der Waals surface area contributed by atoms with Crippen LogP contribution in [0.3, 0.4) is 0 Å². The Morgan fingerprint density at radius 1 is 1.38 bits per heavy atom. The van der Waals surface area contributed by atoms with Crippen LogP contribution in [0.1, 0.15) is 6.92 Å². The van der Waals surface area contributed by atoms with E-state index < -0.39 is 5.97 Å². The zero-order valence-corrected chi connectivity index (χ0v) is 10.7. The Bertz CT molecular complexity index is 39.0. The minimum atomic E-state index is -1.08.